The zero-order valence-electron chi connectivity index (χ0n) is 17.7. The Hall–Kier alpha value is -2.93. The van der Waals surface area contributed by atoms with Crippen LogP contribution in [0.1, 0.15) is 42.1 Å². The molecule has 6 nitrogen and oxygen atoms in total. The number of para-hydroxylation sites is 1. The molecule has 0 unspecified atom stereocenters. The van der Waals surface area contributed by atoms with Gasteiger partial charge in [-0.15, -0.1) is 0 Å². The van der Waals surface area contributed by atoms with Crippen molar-refractivity contribution in [2.45, 2.75) is 32.6 Å². The molecule has 0 spiro atoms. The van der Waals surface area contributed by atoms with Crippen molar-refractivity contribution in [3.63, 3.8) is 0 Å². The minimum absolute atomic E-state index is 0.0796. The molecule has 0 aromatic heterocycles. The number of ether oxygens (including phenoxy) is 1. The number of anilines is 1. The van der Waals surface area contributed by atoms with Gasteiger partial charge in [0.05, 0.1) is 12.2 Å². The Bertz CT molecular complexity index is 884. The molecular weight excluding hydrogens is 398 g/mol. The van der Waals surface area contributed by atoms with Crippen LogP contribution in [0, 0.1) is 0 Å². The van der Waals surface area contributed by atoms with Crippen molar-refractivity contribution < 1.29 is 14.3 Å². The van der Waals surface area contributed by atoms with Gasteiger partial charge in [-0.05, 0) is 54.9 Å². The first-order chi connectivity index (χ1) is 14.4. The number of hydrogen-bond acceptors (Lipinski definition) is 4. The summed E-state index contributed by atoms with van der Waals surface area (Å²) in [4.78, 5) is 26.0. The van der Waals surface area contributed by atoms with Gasteiger partial charge in [-0.25, -0.2) is 0 Å². The van der Waals surface area contributed by atoms with Crippen LogP contribution in [0.25, 0.3) is 0 Å². The van der Waals surface area contributed by atoms with E-state index in [1.807, 2.05) is 30.3 Å². The molecule has 0 fully saturated rings. The normalized spacial score (nSPS) is 10.2. The van der Waals surface area contributed by atoms with Gasteiger partial charge in [-0.2, -0.15) is 0 Å². The lowest BCUT2D eigenvalue weighted by molar-refractivity contribution is -0.128. The molecule has 2 aromatic rings. The van der Waals surface area contributed by atoms with Gasteiger partial charge in [0.15, 0.2) is 5.11 Å². The van der Waals surface area contributed by atoms with Crippen LogP contribution in [-0.2, 0) is 11.2 Å². The molecule has 30 heavy (non-hydrogen) atoms. The van der Waals surface area contributed by atoms with Gasteiger partial charge in [0.1, 0.15) is 5.75 Å². The first-order valence-corrected chi connectivity index (χ1v) is 10.4. The van der Waals surface area contributed by atoms with Crippen molar-refractivity contribution in [3.05, 3.63) is 59.7 Å². The van der Waals surface area contributed by atoms with E-state index in [0.717, 1.165) is 24.1 Å². The van der Waals surface area contributed by atoms with Gasteiger partial charge < -0.3 is 15.0 Å². The molecule has 2 N–H and O–H groups in total. The van der Waals surface area contributed by atoms with Gasteiger partial charge >= 0.3 is 0 Å². The molecule has 2 aromatic carbocycles. The smallest absolute Gasteiger partial charge is 0.261 e. The molecule has 0 aliphatic carbocycles. The minimum Gasteiger partial charge on any atom is -0.493 e. The average molecular weight is 428 g/mol. The summed E-state index contributed by atoms with van der Waals surface area (Å²) in [6, 6.07) is 14.7. The Morgan fingerprint density at radius 2 is 1.87 bits per heavy atom. The largest absolute Gasteiger partial charge is 0.493 e. The van der Waals surface area contributed by atoms with E-state index in [0.29, 0.717) is 30.8 Å². The maximum absolute atomic E-state index is 12.6. The molecule has 0 saturated heterocycles. The van der Waals surface area contributed by atoms with E-state index in [9.17, 15) is 9.59 Å². The SMILES string of the molecule is CCCCOc1ccccc1C(=O)NC(=S)Nc1cccc(CCC(=O)N(C)C)c1. The first-order valence-electron chi connectivity index (χ1n) is 10.0. The van der Waals surface area contributed by atoms with Crippen LogP contribution in [0.2, 0.25) is 0 Å². The summed E-state index contributed by atoms with van der Waals surface area (Å²) in [5.41, 5.74) is 2.20. The van der Waals surface area contributed by atoms with Crippen molar-refractivity contribution in [3.8, 4) is 5.75 Å². The fraction of sp³-hybridized carbons (Fsp3) is 0.348. The molecule has 0 radical (unpaired) electrons. The van der Waals surface area contributed by atoms with Gasteiger partial charge in [-0.1, -0.05) is 37.6 Å². The monoisotopic (exact) mass is 427 g/mol. The van der Waals surface area contributed by atoms with E-state index >= 15 is 0 Å². The zero-order chi connectivity index (χ0) is 21.9. The van der Waals surface area contributed by atoms with Crippen LogP contribution in [0.4, 0.5) is 5.69 Å². The molecule has 7 heteroatoms. The van der Waals surface area contributed by atoms with E-state index in [2.05, 4.69) is 17.6 Å². The van der Waals surface area contributed by atoms with E-state index < -0.39 is 0 Å². The van der Waals surface area contributed by atoms with Gasteiger partial charge in [0.25, 0.3) is 5.91 Å². The Balaban J connectivity index is 1.95. The molecule has 2 amide bonds. The van der Waals surface area contributed by atoms with Crippen molar-refractivity contribution in [1.29, 1.82) is 0 Å². The van der Waals surface area contributed by atoms with Crippen molar-refractivity contribution in [2.24, 2.45) is 0 Å². The van der Waals surface area contributed by atoms with Crippen molar-refractivity contribution >= 4 is 34.8 Å². The highest BCUT2D eigenvalue weighted by Gasteiger charge is 2.14. The maximum Gasteiger partial charge on any atom is 0.261 e. The number of unbranched alkanes of at least 4 members (excludes halogenated alkanes) is 1. The third-order valence-corrected chi connectivity index (χ3v) is 4.63. The van der Waals surface area contributed by atoms with Crippen LogP contribution in [-0.4, -0.2) is 42.5 Å². The summed E-state index contributed by atoms with van der Waals surface area (Å²) in [6.07, 6.45) is 3.01. The standard InChI is InChI=1S/C23H29N3O3S/c1-4-5-15-29-20-12-7-6-11-19(20)22(28)25-23(30)24-18-10-8-9-17(16-18)13-14-21(27)26(2)3/h6-12,16H,4-5,13-15H2,1-3H3,(H2,24,25,28,30). The average Bonchev–Trinajstić information content (AvgIpc) is 2.72. The first kappa shape index (κ1) is 23.3. The predicted octanol–water partition coefficient (Wildman–Crippen LogP) is 4.01. The summed E-state index contributed by atoms with van der Waals surface area (Å²) in [6.45, 7) is 2.65. The van der Waals surface area contributed by atoms with Crippen LogP contribution < -0.4 is 15.4 Å². The minimum atomic E-state index is -0.327. The molecule has 0 aliphatic heterocycles. The lowest BCUT2D eigenvalue weighted by Crippen LogP contribution is -2.34. The summed E-state index contributed by atoms with van der Waals surface area (Å²) < 4.78 is 5.72. The number of thiocarbonyl (C=S) groups is 1. The number of rotatable bonds is 9. The Labute approximate surface area is 183 Å². The molecule has 0 saturated carbocycles. The second-order valence-corrected chi connectivity index (χ2v) is 7.50. The lowest BCUT2D eigenvalue weighted by atomic mass is 10.1. The topological polar surface area (TPSA) is 70.7 Å². The lowest BCUT2D eigenvalue weighted by Gasteiger charge is -2.14. The number of carbonyl (C=O) groups excluding carboxylic acids is 2. The van der Waals surface area contributed by atoms with Crippen LogP contribution >= 0.6 is 12.2 Å². The quantitative estimate of drug-likeness (QED) is 0.467. The highest BCUT2D eigenvalue weighted by molar-refractivity contribution is 7.80. The fourth-order valence-corrected chi connectivity index (χ4v) is 2.93. The van der Waals surface area contributed by atoms with Crippen LogP contribution in [0.3, 0.4) is 0 Å². The number of hydrogen-bond donors (Lipinski definition) is 2. The second-order valence-electron chi connectivity index (χ2n) is 7.09. The highest BCUT2D eigenvalue weighted by atomic mass is 32.1. The Kier molecular flexibility index (Phi) is 9.28. The summed E-state index contributed by atoms with van der Waals surface area (Å²) in [5.74, 6) is 0.294. The summed E-state index contributed by atoms with van der Waals surface area (Å²) >= 11 is 5.30. The molecule has 0 aliphatic rings. The molecular formula is C23H29N3O3S. The van der Waals surface area contributed by atoms with Crippen LogP contribution in [0.15, 0.2) is 48.5 Å². The van der Waals surface area contributed by atoms with Gasteiger partial charge in [0.2, 0.25) is 5.91 Å². The number of amides is 2. The fourth-order valence-electron chi connectivity index (χ4n) is 2.72. The molecule has 160 valence electrons. The Morgan fingerprint density at radius 1 is 1.10 bits per heavy atom. The van der Waals surface area contributed by atoms with Crippen molar-refractivity contribution in [1.82, 2.24) is 10.2 Å². The van der Waals surface area contributed by atoms with E-state index in [1.165, 1.54) is 0 Å². The number of nitrogens with one attached hydrogen (secondary N) is 2. The molecule has 0 bridgehead atoms. The van der Waals surface area contributed by atoms with E-state index in [4.69, 9.17) is 17.0 Å². The van der Waals surface area contributed by atoms with E-state index in [1.54, 1.807) is 37.2 Å². The second kappa shape index (κ2) is 11.9. The summed E-state index contributed by atoms with van der Waals surface area (Å²) in [7, 11) is 3.49. The molecule has 0 heterocycles. The van der Waals surface area contributed by atoms with Gasteiger partial charge in [-0.3, -0.25) is 14.9 Å². The number of nitrogens with zero attached hydrogens (tertiary/aromatic N) is 1. The third kappa shape index (κ3) is 7.48. The number of aryl methyl sites for hydroxylation is 1. The maximum atomic E-state index is 12.6. The highest BCUT2D eigenvalue weighted by Crippen LogP contribution is 2.18. The van der Waals surface area contributed by atoms with Gasteiger partial charge in [0, 0.05) is 26.2 Å². The number of carbonyl (C=O) groups is 2. The Morgan fingerprint density at radius 3 is 2.60 bits per heavy atom. The zero-order valence-corrected chi connectivity index (χ0v) is 18.6. The molecule has 2 rings (SSSR count). The van der Waals surface area contributed by atoms with Crippen molar-refractivity contribution in [2.75, 3.05) is 26.0 Å². The third-order valence-electron chi connectivity index (χ3n) is 4.43. The molecule has 0 atom stereocenters. The summed E-state index contributed by atoms with van der Waals surface area (Å²) in [5, 5.41) is 5.93. The predicted molar refractivity (Wildman–Crippen MR) is 124 cm³/mol. The van der Waals surface area contributed by atoms with E-state index in [-0.39, 0.29) is 16.9 Å². The number of benzene rings is 2. The van der Waals surface area contributed by atoms with Crippen LogP contribution in [0.5, 0.6) is 5.75 Å².